The average molecular weight is 307 g/mol. The fourth-order valence-corrected chi connectivity index (χ4v) is 2.41. The van der Waals surface area contributed by atoms with Crippen LogP contribution < -0.4 is 5.32 Å². The number of carbonyl (C=O) groups is 1. The molecule has 0 spiro atoms. The summed E-state index contributed by atoms with van der Waals surface area (Å²) in [6.07, 6.45) is 3.24. The molecule has 0 radical (unpaired) electrons. The van der Waals surface area contributed by atoms with E-state index in [9.17, 15) is 4.79 Å². The molecular weight excluding hydrogens is 288 g/mol. The molecule has 1 amide bonds. The van der Waals surface area contributed by atoms with Gasteiger partial charge in [-0.15, -0.1) is 0 Å². The topological polar surface area (TPSA) is 50.2 Å². The first kappa shape index (κ1) is 15.5. The Morgan fingerprint density at radius 2 is 2.14 bits per heavy atom. The van der Waals surface area contributed by atoms with Crippen molar-refractivity contribution in [2.24, 2.45) is 7.05 Å². The summed E-state index contributed by atoms with van der Waals surface area (Å²) in [4.78, 5) is 14.1. The molecule has 0 saturated carbocycles. The van der Waals surface area contributed by atoms with E-state index < -0.39 is 0 Å². The lowest BCUT2D eigenvalue weighted by Gasteiger charge is -2.25. The van der Waals surface area contributed by atoms with E-state index in [4.69, 9.17) is 11.6 Å². The van der Waals surface area contributed by atoms with Gasteiger partial charge in [-0.2, -0.15) is 5.10 Å². The molecule has 0 aliphatic rings. The Morgan fingerprint density at radius 1 is 1.43 bits per heavy atom. The van der Waals surface area contributed by atoms with Gasteiger partial charge < -0.3 is 10.2 Å². The average Bonchev–Trinajstić information content (AvgIpc) is 2.87. The van der Waals surface area contributed by atoms with Gasteiger partial charge in [0.25, 0.3) is 5.91 Å². The lowest BCUT2D eigenvalue weighted by atomic mass is 10.1. The van der Waals surface area contributed by atoms with Crippen molar-refractivity contribution in [3.63, 3.8) is 0 Å². The number of rotatable bonds is 5. The molecule has 1 N–H and O–H groups in total. The number of aryl methyl sites for hydroxylation is 1. The minimum absolute atomic E-state index is 0.0133. The van der Waals surface area contributed by atoms with Gasteiger partial charge in [-0.25, -0.2) is 0 Å². The predicted octanol–water partition coefficient (Wildman–Crippen LogP) is 2.11. The minimum Gasteiger partial charge on any atom is -0.350 e. The summed E-state index contributed by atoms with van der Waals surface area (Å²) in [5, 5.41) is 7.62. The van der Waals surface area contributed by atoms with Gasteiger partial charge >= 0.3 is 0 Å². The third-order valence-corrected chi connectivity index (χ3v) is 3.65. The Bertz CT molecular complexity index is 624. The third kappa shape index (κ3) is 3.83. The van der Waals surface area contributed by atoms with Crippen molar-refractivity contribution in [1.82, 2.24) is 20.0 Å². The number of amides is 1. The zero-order chi connectivity index (χ0) is 15.4. The van der Waals surface area contributed by atoms with Crippen LogP contribution in [0.3, 0.4) is 0 Å². The highest BCUT2D eigenvalue weighted by atomic mass is 35.5. The standard InChI is InChI=1S/C15H19ClN4O/c1-19(2)14(12-6-4-5-7-13(12)16)9-17-15(21)11-8-18-20(3)10-11/h4-8,10,14H,9H2,1-3H3,(H,17,21)/t14-/m1/s1. The number of hydrogen-bond acceptors (Lipinski definition) is 3. The smallest absolute Gasteiger partial charge is 0.254 e. The van der Waals surface area contributed by atoms with E-state index in [0.717, 1.165) is 5.56 Å². The zero-order valence-corrected chi connectivity index (χ0v) is 13.1. The van der Waals surface area contributed by atoms with Gasteiger partial charge in [0.1, 0.15) is 0 Å². The van der Waals surface area contributed by atoms with Crippen LogP contribution in [0.5, 0.6) is 0 Å². The molecule has 112 valence electrons. The van der Waals surface area contributed by atoms with Gasteiger partial charge in [0, 0.05) is 24.8 Å². The molecule has 1 aromatic carbocycles. The van der Waals surface area contributed by atoms with Gasteiger partial charge in [0.15, 0.2) is 0 Å². The molecule has 0 bridgehead atoms. The molecule has 0 saturated heterocycles. The molecule has 1 heterocycles. The van der Waals surface area contributed by atoms with Crippen LogP contribution in [-0.4, -0.2) is 41.2 Å². The zero-order valence-electron chi connectivity index (χ0n) is 12.4. The SMILES string of the molecule is CN(C)[C@H](CNC(=O)c1cnn(C)c1)c1ccccc1Cl. The summed E-state index contributed by atoms with van der Waals surface area (Å²) < 4.78 is 1.60. The van der Waals surface area contributed by atoms with Gasteiger partial charge in [-0.05, 0) is 25.7 Å². The Kier molecular flexibility index (Phi) is 4.98. The van der Waals surface area contributed by atoms with Crippen LogP contribution >= 0.6 is 11.6 Å². The van der Waals surface area contributed by atoms with Crippen LogP contribution in [0.1, 0.15) is 22.0 Å². The van der Waals surface area contributed by atoms with Crippen LogP contribution in [-0.2, 0) is 7.05 Å². The van der Waals surface area contributed by atoms with E-state index in [0.29, 0.717) is 17.1 Å². The number of benzene rings is 1. The summed E-state index contributed by atoms with van der Waals surface area (Å²) in [6, 6.07) is 7.69. The summed E-state index contributed by atoms with van der Waals surface area (Å²) in [5.74, 6) is -0.137. The lowest BCUT2D eigenvalue weighted by Crippen LogP contribution is -2.34. The number of aromatic nitrogens is 2. The molecule has 6 heteroatoms. The summed E-state index contributed by atoms with van der Waals surface area (Å²) in [7, 11) is 5.71. The molecule has 0 unspecified atom stereocenters. The normalized spacial score (nSPS) is 12.4. The maximum absolute atomic E-state index is 12.1. The second kappa shape index (κ2) is 6.74. The van der Waals surface area contributed by atoms with Crippen molar-refractivity contribution < 1.29 is 4.79 Å². The third-order valence-electron chi connectivity index (χ3n) is 3.31. The Hall–Kier alpha value is -1.85. The fraction of sp³-hybridized carbons (Fsp3) is 0.333. The summed E-state index contributed by atoms with van der Waals surface area (Å²) >= 11 is 6.25. The first-order valence-corrected chi connectivity index (χ1v) is 7.04. The fourth-order valence-electron chi connectivity index (χ4n) is 2.15. The monoisotopic (exact) mass is 306 g/mol. The van der Waals surface area contributed by atoms with Crippen molar-refractivity contribution in [2.45, 2.75) is 6.04 Å². The first-order valence-electron chi connectivity index (χ1n) is 6.66. The van der Waals surface area contributed by atoms with Gasteiger partial charge in [0.2, 0.25) is 0 Å². The molecule has 2 aromatic rings. The number of nitrogens with one attached hydrogen (secondary N) is 1. The van der Waals surface area contributed by atoms with E-state index in [1.807, 2.05) is 43.3 Å². The maximum Gasteiger partial charge on any atom is 0.254 e. The van der Waals surface area contributed by atoms with E-state index in [1.54, 1.807) is 24.1 Å². The second-order valence-electron chi connectivity index (χ2n) is 5.11. The van der Waals surface area contributed by atoms with Gasteiger partial charge in [-0.1, -0.05) is 29.8 Å². The highest BCUT2D eigenvalue weighted by Crippen LogP contribution is 2.25. The van der Waals surface area contributed by atoms with E-state index >= 15 is 0 Å². The molecule has 2 rings (SSSR count). The molecule has 1 aromatic heterocycles. The second-order valence-corrected chi connectivity index (χ2v) is 5.52. The number of nitrogens with zero attached hydrogens (tertiary/aromatic N) is 3. The Balaban J connectivity index is 2.08. The summed E-state index contributed by atoms with van der Waals surface area (Å²) in [6.45, 7) is 0.477. The maximum atomic E-state index is 12.1. The van der Waals surface area contributed by atoms with Crippen LogP contribution in [0.15, 0.2) is 36.7 Å². The Labute approximate surface area is 129 Å². The molecule has 0 aliphatic carbocycles. The van der Waals surface area contributed by atoms with E-state index in [-0.39, 0.29) is 11.9 Å². The van der Waals surface area contributed by atoms with Crippen LogP contribution in [0.2, 0.25) is 5.02 Å². The highest BCUT2D eigenvalue weighted by Gasteiger charge is 2.18. The first-order chi connectivity index (χ1) is 9.99. The lowest BCUT2D eigenvalue weighted by molar-refractivity contribution is 0.0942. The number of hydrogen-bond donors (Lipinski definition) is 1. The van der Waals surface area contributed by atoms with Crippen molar-refractivity contribution in [3.8, 4) is 0 Å². The van der Waals surface area contributed by atoms with Crippen molar-refractivity contribution in [1.29, 1.82) is 0 Å². The molecule has 0 fully saturated rings. The van der Waals surface area contributed by atoms with Crippen molar-refractivity contribution >= 4 is 17.5 Å². The van der Waals surface area contributed by atoms with E-state index in [2.05, 4.69) is 10.4 Å². The largest absolute Gasteiger partial charge is 0.350 e. The highest BCUT2D eigenvalue weighted by molar-refractivity contribution is 6.31. The number of halogens is 1. The van der Waals surface area contributed by atoms with Crippen molar-refractivity contribution in [3.05, 3.63) is 52.8 Å². The predicted molar refractivity (Wildman–Crippen MR) is 83.4 cm³/mol. The summed E-state index contributed by atoms with van der Waals surface area (Å²) in [5.41, 5.74) is 1.55. The number of likely N-dealkylation sites (N-methyl/N-ethyl adjacent to an activating group) is 1. The number of carbonyl (C=O) groups excluding carboxylic acids is 1. The van der Waals surface area contributed by atoms with Crippen LogP contribution in [0.25, 0.3) is 0 Å². The van der Waals surface area contributed by atoms with E-state index in [1.165, 1.54) is 0 Å². The molecule has 5 nitrogen and oxygen atoms in total. The Morgan fingerprint density at radius 3 is 2.71 bits per heavy atom. The van der Waals surface area contributed by atoms with Crippen LogP contribution in [0.4, 0.5) is 0 Å². The minimum atomic E-state index is -0.137. The molecule has 21 heavy (non-hydrogen) atoms. The molecule has 1 atom stereocenters. The van der Waals surface area contributed by atoms with Crippen molar-refractivity contribution in [2.75, 3.05) is 20.6 Å². The molecular formula is C15H19ClN4O. The molecule has 0 aliphatic heterocycles. The van der Waals surface area contributed by atoms with Gasteiger partial charge in [0.05, 0.1) is 17.8 Å². The van der Waals surface area contributed by atoms with Gasteiger partial charge in [-0.3, -0.25) is 9.48 Å². The quantitative estimate of drug-likeness (QED) is 0.920. The van der Waals surface area contributed by atoms with Crippen LogP contribution in [0, 0.1) is 0 Å².